The number of carbonyl (C=O) groups excluding carboxylic acids is 1. The Bertz CT molecular complexity index is 909. The molecule has 0 heterocycles. The first-order valence-electron chi connectivity index (χ1n) is 9.98. The van der Waals surface area contributed by atoms with Crippen LogP contribution >= 0.6 is 45.2 Å². The average molecular weight is 614 g/mol. The summed E-state index contributed by atoms with van der Waals surface area (Å²) in [4.78, 5) is 12.5. The Hall–Kier alpha value is -1.16. The minimum Gasteiger partial charge on any atom is -0.487 e. The lowest BCUT2D eigenvalue weighted by Crippen LogP contribution is -2.22. The highest BCUT2D eigenvalue weighted by atomic mass is 127. The van der Waals surface area contributed by atoms with Crippen molar-refractivity contribution in [2.24, 2.45) is 22.4 Å². The van der Waals surface area contributed by atoms with Gasteiger partial charge in [-0.05, 0) is 92.6 Å². The molecule has 6 heteroatoms. The first kappa shape index (κ1) is 21.1. The van der Waals surface area contributed by atoms with E-state index in [-0.39, 0.29) is 17.2 Å². The van der Waals surface area contributed by atoms with Crippen LogP contribution in [0.15, 0.2) is 47.6 Å². The fourth-order valence-corrected chi connectivity index (χ4v) is 6.74. The van der Waals surface area contributed by atoms with Gasteiger partial charge in [0.1, 0.15) is 12.4 Å². The largest absolute Gasteiger partial charge is 0.487 e. The van der Waals surface area contributed by atoms with E-state index in [1.165, 1.54) is 25.7 Å². The van der Waals surface area contributed by atoms with Gasteiger partial charge >= 0.3 is 0 Å². The highest BCUT2D eigenvalue weighted by molar-refractivity contribution is 14.1. The smallest absolute Gasteiger partial charge is 0.244 e. The normalized spacial score (nSPS) is 25.5. The van der Waals surface area contributed by atoms with Crippen LogP contribution in [0, 0.1) is 24.4 Å². The molecule has 0 radical (unpaired) electrons. The molecule has 0 bridgehead atoms. The van der Waals surface area contributed by atoms with Crippen molar-refractivity contribution in [3.63, 3.8) is 0 Å². The van der Waals surface area contributed by atoms with E-state index in [0.29, 0.717) is 12.5 Å². The Morgan fingerprint density at radius 1 is 1.24 bits per heavy atom. The molecule has 4 nitrogen and oxygen atoms in total. The van der Waals surface area contributed by atoms with E-state index in [1.54, 1.807) is 6.21 Å². The fraction of sp³-hybridized carbons (Fsp3) is 0.391. The Morgan fingerprint density at radius 3 is 2.62 bits per heavy atom. The number of rotatable bonds is 6. The number of halogens is 2. The molecule has 1 amide bonds. The zero-order valence-corrected chi connectivity index (χ0v) is 20.6. The van der Waals surface area contributed by atoms with Crippen molar-refractivity contribution in [2.75, 3.05) is 0 Å². The van der Waals surface area contributed by atoms with Crippen LogP contribution in [0.25, 0.3) is 0 Å². The molecule has 152 valence electrons. The van der Waals surface area contributed by atoms with E-state index in [9.17, 15) is 4.79 Å². The topological polar surface area (TPSA) is 50.7 Å². The predicted molar refractivity (Wildman–Crippen MR) is 132 cm³/mol. The highest BCUT2D eigenvalue weighted by Gasteiger charge is 2.64. The van der Waals surface area contributed by atoms with E-state index in [1.807, 2.05) is 30.3 Å². The number of hydrazone groups is 1. The van der Waals surface area contributed by atoms with Crippen molar-refractivity contribution in [2.45, 2.75) is 39.2 Å². The Kier molecular flexibility index (Phi) is 6.48. The molecule has 4 rings (SSSR count). The second kappa shape index (κ2) is 8.91. The molecule has 2 aromatic rings. The highest BCUT2D eigenvalue weighted by Crippen LogP contribution is 2.66. The molecule has 0 saturated heterocycles. The van der Waals surface area contributed by atoms with Gasteiger partial charge in [0.25, 0.3) is 0 Å². The first-order chi connectivity index (χ1) is 14.0. The molecule has 29 heavy (non-hydrogen) atoms. The number of fused-ring (bicyclic) bond motifs is 1. The summed E-state index contributed by atoms with van der Waals surface area (Å²) in [5, 5.41) is 4.23. The monoisotopic (exact) mass is 614 g/mol. The van der Waals surface area contributed by atoms with Crippen LogP contribution in [-0.2, 0) is 11.4 Å². The number of nitrogens with one attached hydrogen (secondary N) is 1. The molecule has 3 atom stereocenters. The van der Waals surface area contributed by atoms with Gasteiger partial charge in [-0.1, -0.05) is 50.1 Å². The van der Waals surface area contributed by atoms with Gasteiger partial charge in [-0.2, -0.15) is 5.10 Å². The van der Waals surface area contributed by atoms with Crippen LogP contribution in [0.5, 0.6) is 5.75 Å². The third kappa shape index (κ3) is 4.62. The molecular weight excluding hydrogens is 590 g/mol. The molecule has 2 saturated carbocycles. The van der Waals surface area contributed by atoms with Crippen molar-refractivity contribution in [3.05, 3.63) is 60.7 Å². The molecule has 2 aliphatic rings. The number of hydrogen-bond donors (Lipinski definition) is 1. The second-order valence-electron chi connectivity index (χ2n) is 8.16. The number of hydrogen-bond acceptors (Lipinski definition) is 3. The van der Waals surface area contributed by atoms with Gasteiger partial charge in [-0.3, -0.25) is 4.79 Å². The molecule has 2 aliphatic carbocycles. The molecular formula is C23H24I2N2O2. The summed E-state index contributed by atoms with van der Waals surface area (Å²) >= 11 is 4.57. The van der Waals surface area contributed by atoms with E-state index in [0.717, 1.165) is 24.0 Å². The van der Waals surface area contributed by atoms with Crippen molar-refractivity contribution in [1.82, 2.24) is 5.43 Å². The predicted octanol–water partition coefficient (Wildman–Crippen LogP) is 5.75. The maximum absolute atomic E-state index is 12.5. The summed E-state index contributed by atoms with van der Waals surface area (Å²) in [6, 6.07) is 14.2. The summed E-state index contributed by atoms with van der Waals surface area (Å²) in [5.41, 5.74) is 5.07. The molecule has 0 aliphatic heterocycles. The summed E-state index contributed by atoms with van der Waals surface area (Å²) < 4.78 is 8.08. The lowest BCUT2D eigenvalue weighted by atomic mass is 9.90. The van der Waals surface area contributed by atoms with Crippen LogP contribution in [0.4, 0.5) is 0 Å². The van der Waals surface area contributed by atoms with E-state index >= 15 is 0 Å². The van der Waals surface area contributed by atoms with Crippen LogP contribution in [-0.4, -0.2) is 12.1 Å². The van der Waals surface area contributed by atoms with Gasteiger partial charge in [0.15, 0.2) is 0 Å². The molecule has 2 aromatic carbocycles. The van der Waals surface area contributed by atoms with Gasteiger partial charge in [0, 0.05) is 5.92 Å². The molecule has 0 unspecified atom stereocenters. The lowest BCUT2D eigenvalue weighted by Gasteiger charge is -2.15. The van der Waals surface area contributed by atoms with E-state index in [4.69, 9.17) is 4.74 Å². The number of amides is 1. The van der Waals surface area contributed by atoms with Gasteiger partial charge in [-0.25, -0.2) is 5.43 Å². The van der Waals surface area contributed by atoms with Crippen LogP contribution in [0.3, 0.4) is 0 Å². The minimum absolute atomic E-state index is 0.0721. The van der Waals surface area contributed by atoms with Crippen molar-refractivity contribution >= 4 is 57.3 Å². The Balaban J connectivity index is 1.36. The Morgan fingerprint density at radius 2 is 1.97 bits per heavy atom. The molecule has 1 N–H and O–H groups in total. The van der Waals surface area contributed by atoms with E-state index < -0.39 is 0 Å². The molecule has 2 fully saturated rings. The third-order valence-electron chi connectivity index (χ3n) is 6.25. The lowest BCUT2D eigenvalue weighted by molar-refractivity contribution is -0.123. The van der Waals surface area contributed by atoms with Crippen molar-refractivity contribution in [1.29, 1.82) is 0 Å². The average Bonchev–Trinajstić information content (AvgIpc) is 3.33. The zero-order chi connectivity index (χ0) is 20.4. The first-order valence-corrected chi connectivity index (χ1v) is 12.1. The molecule has 0 aromatic heterocycles. The van der Waals surface area contributed by atoms with Crippen molar-refractivity contribution < 1.29 is 9.53 Å². The standard InChI is InChI=1S/C23H24I2N2O2/c1-23-10-6-5-9-17(23)20(23)22(28)27-26-13-16-11-18(24)21(19(25)12-16)29-14-15-7-3-2-4-8-15/h2-4,7-8,11-13,17,20H,5-6,9-10,14H2,1H3,(H,27,28)/b26-13-/t17-,20+,23+/m1/s1. The maximum Gasteiger partial charge on any atom is 0.244 e. The summed E-state index contributed by atoms with van der Waals surface area (Å²) in [6.07, 6.45) is 6.56. The third-order valence-corrected chi connectivity index (χ3v) is 7.85. The number of carbonyl (C=O) groups is 1. The minimum atomic E-state index is 0.0721. The quantitative estimate of drug-likeness (QED) is 0.256. The second-order valence-corrected chi connectivity index (χ2v) is 10.5. The SMILES string of the molecule is C[C@]12CCCC[C@@H]1[C@H]2C(=O)N/N=C\c1cc(I)c(OCc2ccccc2)c(I)c1. The summed E-state index contributed by atoms with van der Waals surface area (Å²) in [6.45, 7) is 2.79. The van der Waals surface area contributed by atoms with Crippen LogP contribution in [0.1, 0.15) is 43.7 Å². The molecule has 0 spiro atoms. The maximum atomic E-state index is 12.5. The number of ether oxygens (including phenoxy) is 1. The van der Waals surface area contributed by atoms with Gasteiger partial charge in [-0.15, -0.1) is 0 Å². The van der Waals surface area contributed by atoms with Crippen LogP contribution < -0.4 is 10.2 Å². The fourth-order valence-electron chi connectivity index (χ4n) is 4.61. The summed E-state index contributed by atoms with van der Waals surface area (Å²) in [7, 11) is 0. The number of benzene rings is 2. The number of nitrogens with zero attached hydrogens (tertiary/aromatic N) is 1. The van der Waals surface area contributed by atoms with Gasteiger partial charge in [0.2, 0.25) is 5.91 Å². The van der Waals surface area contributed by atoms with Gasteiger partial charge < -0.3 is 4.74 Å². The Labute approximate surface area is 199 Å². The van der Waals surface area contributed by atoms with Crippen molar-refractivity contribution in [3.8, 4) is 5.75 Å². The van der Waals surface area contributed by atoms with Gasteiger partial charge in [0.05, 0.1) is 13.4 Å². The van der Waals surface area contributed by atoms with E-state index in [2.05, 4.69) is 74.8 Å². The zero-order valence-electron chi connectivity index (χ0n) is 16.3. The summed E-state index contributed by atoms with van der Waals surface area (Å²) in [5.74, 6) is 1.64. The van der Waals surface area contributed by atoms with Crippen LogP contribution in [0.2, 0.25) is 0 Å².